The fraction of sp³-hybridized carbons (Fsp3) is 0.800. The standard InChI is InChI=1S/C10H19NO3/c1-3-5-6-8-10(12)9(7-4-2)11(13)14/h4,9-10,12H,2-3,5-8H2,1H3/t9-,10-/m1/s1. The van der Waals surface area contributed by atoms with Gasteiger partial charge in [0.05, 0.1) is 0 Å². The second kappa shape index (κ2) is 7.50. The van der Waals surface area contributed by atoms with Crippen LogP contribution in [0.25, 0.3) is 0 Å². The predicted octanol–water partition coefficient (Wildman–Crippen LogP) is 2.15. The monoisotopic (exact) mass is 201 g/mol. The summed E-state index contributed by atoms with van der Waals surface area (Å²) in [6, 6.07) is -0.885. The highest BCUT2D eigenvalue weighted by atomic mass is 16.6. The molecule has 2 atom stereocenters. The Kier molecular flexibility index (Phi) is 7.02. The van der Waals surface area contributed by atoms with Gasteiger partial charge in [0.2, 0.25) is 6.04 Å². The minimum Gasteiger partial charge on any atom is -0.386 e. The Morgan fingerprint density at radius 3 is 2.64 bits per heavy atom. The minimum absolute atomic E-state index is 0.236. The topological polar surface area (TPSA) is 63.4 Å². The molecule has 0 aliphatic rings. The fourth-order valence-electron chi connectivity index (χ4n) is 1.35. The number of hydrogen-bond acceptors (Lipinski definition) is 3. The van der Waals surface area contributed by atoms with Gasteiger partial charge in [-0.05, 0) is 6.42 Å². The van der Waals surface area contributed by atoms with Gasteiger partial charge in [-0.15, -0.1) is 6.58 Å². The van der Waals surface area contributed by atoms with Crippen LogP contribution in [0.15, 0.2) is 12.7 Å². The third-order valence-electron chi connectivity index (χ3n) is 2.23. The number of unbranched alkanes of at least 4 members (excludes halogenated alkanes) is 2. The fourth-order valence-corrected chi connectivity index (χ4v) is 1.35. The first-order chi connectivity index (χ1) is 6.63. The lowest BCUT2D eigenvalue weighted by molar-refractivity contribution is -0.533. The van der Waals surface area contributed by atoms with Gasteiger partial charge in [-0.25, -0.2) is 0 Å². The molecule has 0 heterocycles. The summed E-state index contributed by atoms with van der Waals surface area (Å²) in [5.74, 6) is 0. The van der Waals surface area contributed by atoms with Crippen molar-refractivity contribution in [3.05, 3.63) is 22.8 Å². The predicted molar refractivity (Wildman–Crippen MR) is 55.7 cm³/mol. The molecule has 0 aliphatic carbocycles. The summed E-state index contributed by atoms with van der Waals surface area (Å²) in [5, 5.41) is 20.1. The van der Waals surface area contributed by atoms with E-state index in [9.17, 15) is 15.2 Å². The molecule has 0 aromatic heterocycles. The second-order valence-electron chi connectivity index (χ2n) is 3.44. The molecule has 1 N–H and O–H groups in total. The molecule has 0 saturated heterocycles. The highest BCUT2D eigenvalue weighted by Gasteiger charge is 2.27. The summed E-state index contributed by atoms with van der Waals surface area (Å²) in [6.07, 6.45) is 4.30. The lowest BCUT2D eigenvalue weighted by Gasteiger charge is -2.14. The Balaban J connectivity index is 3.94. The van der Waals surface area contributed by atoms with Crippen molar-refractivity contribution in [2.75, 3.05) is 0 Å². The lowest BCUT2D eigenvalue weighted by Crippen LogP contribution is -2.33. The molecule has 0 bridgehead atoms. The Morgan fingerprint density at radius 2 is 2.21 bits per heavy atom. The van der Waals surface area contributed by atoms with Crippen molar-refractivity contribution in [1.29, 1.82) is 0 Å². The molecular weight excluding hydrogens is 182 g/mol. The maximum atomic E-state index is 10.6. The molecule has 0 rings (SSSR count). The van der Waals surface area contributed by atoms with E-state index in [0.717, 1.165) is 19.3 Å². The summed E-state index contributed by atoms with van der Waals surface area (Å²) in [7, 11) is 0. The average molecular weight is 201 g/mol. The molecule has 0 spiro atoms. The van der Waals surface area contributed by atoms with Crippen molar-refractivity contribution in [2.45, 2.75) is 51.2 Å². The highest BCUT2D eigenvalue weighted by Crippen LogP contribution is 2.11. The number of aliphatic hydroxyl groups excluding tert-OH is 1. The summed E-state index contributed by atoms with van der Waals surface area (Å²) < 4.78 is 0. The van der Waals surface area contributed by atoms with Crippen LogP contribution in [0.1, 0.15) is 39.0 Å². The van der Waals surface area contributed by atoms with Gasteiger partial charge in [0, 0.05) is 11.3 Å². The maximum absolute atomic E-state index is 10.6. The number of nitrogens with zero attached hydrogens (tertiary/aromatic N) is 1. The van der Waals surface area contributed by atoms with E-state index in [1.54, 1.807) is 0 Å². The van der Waals surface area contributed by atoms with Crippen molar-refractivity contribution < 1.29 is 10.0 Å². The largest absolute Gasteiger partial charge is 0.386 e. The van der Waals surface area contributed by atoms with Crippen molar-refractivity contribution in [3.63, 3.8) is 0 Å². The first-order valence-corrected chi connectivity index (χ1v) is 5.05. The molecule has 0 amide bonds. The van der Waals surface area contributed by atoms with E-state index in [0.29, 0.717) is 6.42 Å². The van der Waals surface area contributed by atoms with Crippen LogP contribution in [-0.4, -0.2) is 22.2 Å². The lowest BCUT2D eigenvalue weighted by atomic mass is 10.0. The van der Waals surface area contributed by atoms with Crippen LogP contribution in [0, 0.1) is 10.1 Å². The molecule has 0 aromatic carbocycles. The van der Waals surface area contributed by atoms with Crippen molar-refractivity contribution in [3.8, 4) is 0 Å². The third kappa shape index (κ3) is 4.97. The van der Waals surface area contributed by atoms with Gasteiger partial charge in [0.1, 0.15) is 6.10 Å². The smallest absolute Gasteiger partial charge is 0.241 e. The van der Waals surface area contributed by atoms with Gasteiger partial charge in [0.25, 0.3) is 0 Å². The van der Waals surface area contributed by atoms with E-state index in [1.165, 1.54) is 6.08 Å². The van der Waals surface area contributed by atoms with Crippen LogP contribution < -0.4 is 0 Å². The number of hydrogen-bond donors (Lipinski definition) is 1. The van der Waals surface area contributed by atoms with Gasteiger partial charge in [-0.3, -0.25) is 10.1 Å². The first-order valence-electron chi connectivity index (χ1n) is 5.05. The molecule has 4 nitrogen and oxygen atoms in total. The van der Waals surface area contributed by atoms with Crippen molar-refractivity contribution >= 4 is 0 Å². The highest BCUT2D eigenvalue weighted by molar-refractivity contribution is 4.78. The number of aliphatic hydroxyl groups is 1. The summed E-state index contributed by atoms with van der Waals surface area (Å²) >= 11 is 0. The van der Waals surface area contributed by atoms with Crippen LogP contribution in [0.4, 0.5) is 0 Å². The number of nitro groups is 1. The molecule has 0 radical (unpaired) electrons. The first kappa shape index (κ1) is 13.1. The zero-order chi connectivity index (χ0) is 11.0. The average Bonchev–Trinajstić information content (AvgIpc) is 2.13. The van der Waals surface area contributed by atoms with E-state index in [1.807, 2.05) is 0 Å². The molecule has 0 aromatic rings. The van der Waals surface area contributed by atoms with Gasteiger partial charge < -0.3 is 5.11 Å². The maximum Gasteiger partial charge on any atom is 0.241 e. The van der Waals surface area contributed by atoms with Gasteiger partial charge in [-0.2, -0.15) is 0 Å². The van der Waals surface area contributed by atoms with Gasteiger partial charge in [0.15, 0.2) is 0 Å². The summed E-state index contributed by atoms with van der Waals surface area (Å²) in [4.78, 5) is 10.1. The zero-order valence-corrected chi connectivity index (χ0v) is 8.69. The molecule has 0 saturated carbocycles. The summed E-state index contributed by atoms with van der Waals surface area (Å²) in [6.45, 7) is 5.50. The van der Waals surface area contributed by atoms with E-state index in [-0.39, 0.29) is 6.42 Å². The Labute approximate surface area is 84.8 Å². The van der Waals surface area contributed by atoms with Crippen LogP contribution >= 0.6 is 0 Å². The van der Waals surface area contributed by atoms with E-state index >= 15 is 0 Å². The van der Waals surface area contributed by atoms with Crippen LogP contribution in [-0.2, 0) is 0 Å². The molecule has 82 valence electrons. The Morgan fingerprint density at radius 1 is 1.57 bits per heavy atom. The third-order valence-corrected chi connectivity index (χ3v) is 2.23. The van der Waals surface area contributed by atoms with Crippen LogP contribution in [0.2, 0.25) is 0 Å². The van der Waals surface area contributed by atoms with Crippen LogP contribution in [0.3, 0.4) is 0 Å². The molecular formula is C10H19NO3. The number of rotatable bonds is 8. The van der Waals surface area contributed by atoms with Crippen molar-refractivity contribution in [2.24, 2.45) is 0 Å². The van der Waals surface area contributed by atoms with E-state index < -0.39 is 17.1 Å². The second-order valence-corrected chi connectivity index (χ2v) is 3.44. The Hall–Kier alpha value is -0.900. The Bertz CT molecular complexity index is 182. The summed E-state index contributed by atoms with van der Waals surface area (Å²) in [5.41, 5.74) is 0. The van der Waals surface area contributed by atoms with Gasteiger partial charge >= 0.3 is 0 Å². The molecule has 0 aliphatic heterocycles. The SMILES string of the molecule is C=CC[C@H]([C@H](O)CCCCC)[N+](=O)[O-]. The molecule has 14 heavy (non-hydrogen) atoms. The van der Waals surface area contributed by atoms with Gasteiger partial charge in [-0.1, -0.05) is 32.3 Å². The van der Waals surface area contributed by atoms with Crippen LogP contribution in [0.5, 0.6) is 0 Å². The quantitative estimate of drug-likeness (QED) is 0.283. The molecule has 0 fully saturated rings. The minimum atomic E-state index is -0.885. The van der Waals surface area contributed by atoms with E-state index in [2.05, 4.69) is 13.5 Å². The zero-order valence-electron chi connectivity index (χ0n) is 8.69. The van der Waals surface area contributed by atoms with Crippen molar-refractivity contribution in [1.82, 2.24) is 0 Å². The molecule has 0 unspecified atom stereocenters. The normalized spacial score (nSPS) is 14.7. The molecule has 4 heteroatoms. The van der Waals surface area contributed by atoms with E-state index in [4.69, 9.17) is 0 Å².